The zero-order valence-corrected chi connectivity index (χ0v) is 18.7. The molecule has 2 aliphatic heterocycles. The number of fused-ring (bicyclic) bond motifs is 2. The SMILES string of the molecule is CCNC(=O)[C@H]1O[C@@H](n2cnc3c(N)nc(N/N=C/c4ccc5c(c4)OCCO5)nc32)[C@H](O)[C@@H]1O. The molecule has 0 bridgehead atoms. The topological polar surface area (TPSA) is 191 Å². The summed E-state index contributed by atoms with van der Waals surface area (Å²) >= 11 is 0. The highest BCUT2D eigenvalue weighted by Gasteiger charge is 2.47. The fourth-order valence-corrected chi connectivity index (χ4v) is 3.86. The van der Waals surface area contributed by atoms with Crippen molar-refractivity contribution in [2.24, 2.45) is 5.10 Å². The Morgan fingerprint density at radius 3 is 2.86 bits per heavy atom. The maximum absolute atomic E-state index is 12.2. The second-order valence-electron chi connectivity index (χ2n) is 7.85. The second-order valence-corrected chi connectivity index (χ2v) is 7.85. The Labute approximate surface area is 198 Å². The molecule has 6 N–H and O–H groups in total. The van der Waals surface area contributed by atoms with Crippen molar-refractivity contribution in [1.82, 2.24) is 24.8 Å². The molecule has 184 valence electrons. The number of amides is 1. The lowest BCUT2D eigenvalue weighted by molar-refractivity contribution is -0.137. The van der Waals surface area contributed by atoms with Crippen LogP contribution in [0.15, 0.2) is 29.6 Å². The number of nitrogens with one attached hydrogen (secondary N) is 2. The lowest BCUT2D eigenvalue weighted by atomic mass is 10.1. The third-order valence-electron chi connectivity index (χ3n) is 5.51. The van der Waals surface area contributed by atoms with E-state index in [2.05, 4.69) is 30.8 Å². The summed E-state index contributed by atoms with van der Waals surface area (Å²) in [6, 6.07) is 5.41. The molecule has 35 heavy (non-hydrogen) atoms. The van der Waals surface area contributed by atoms with E-state index in [9.17, 15) is 15.0 Å². The van der Waals surface area contributed by atoms with Crippen LogP contribution in [0.25, 0.3) is 11.2 Å². The molecule has 0 spiro atoms. The molecule has 0 aliphatic carbocycles. The van der Waals surface area contributed by atoms with E-state index in [4.69, 9.17) is 19.9 Å². The predicted octanol–water partition coefficient (Wildman–Crippen LogP) is -0.619. The Morgan fingerprint density at radius 2 is 2.06 bits per heavy atom. The Bertz CT molecular complexity index is 1280. The first kappa shape index (κ1) is 22.8. The molecule has 1 amide bonds. The number of carbonyl (C=O) groups excluding carboxylic acids is 1. The number of hydrogen-bond acceptors (Lipinski definition) is 12. The van der Waals surface area contributed by atoms with Crippen molar-refractivity contribution >= 4 is 35.1 Å². The van der Waals surface area contributed by atoms with Gasteiger partial charge in [-0.25, -0.2) is 10.4 Å². The third kappa shape index (κ3) is 4.29. The van der Waals surface area contributed by atoms with Gasteiger partial charge in [-0.3, -0.25) is 9.36 Å². The number of aliphatic hydroxyl groups is 2. The average molecular weight is 484 g/mol. The number of rotatable bonds is 6. The van der Waals surface area contributed by atoms with E-state index in [1.165, 1.54) is 10.9 Å². The average Bonchev–Trinajstić information content (AvgIpc) is 3.40. The molecular weight excluding hydrogens is 460 g/mol. The first-order valence-electron chi connectivity index (χ1n) is 10.9. The number of carbonyl (C=O) groups is 1. The molecule has 4 heterocycles. The van der Waals surface area contributed by atoms with E-state index in [1.807, 2.05) is 6.07 Å². The molecule has 3 aromatic rings. The molecule has 0 radical (unpaired) electrons. The minimum Gasteiger partial charge on any atom is -0.486 e. The number of aromatic nitrogens is 4. The Hall–Kier alpha value is -4.01. The summed E-state index contributed by atoms with van der Waals surface area (Å²) in [6.45, 7) is 3.08. The van der Waals surface area contributed by atoms with Crippen molar-refractivity contribution in [3.05, 3.63) is 30.1 Å². The van der Waals surface area contributed by atoms with Crippen molar-refractivity contribution < 1.29 is 29.2 Å². The van der Waals surface area contributed by atoms with Gasteiger partial charge in [-0.05, 0) is 30.7 Å². The van der Waals surface area contributed by atoms with Crippen LogP contribution in [0.4, 0.5) is 11.8 Å². The van der Waals surface area contributed by atoms with Gasteiger partial charge in [0, 0.05) is 6.54 Å². The highest BCUT2D eigenvalue weighted by molar-refractivity contribution is 5.84. The molecule has 4 atom stereocenters. The second kappa shape index (κ2) is 9.32. The van der Waals surface area contributed by atoms with Crippen LogP contribution in [-0.4, -0.2) is 79.9 Å². The zero-order valence-electron chi connectivity index (χ0n) is 18.7. The number of benzene rings is 1. The number of nitrogens with two attached hydrogens (primary N) is 1. The van der Waals surface area contributed by atoms with Crippen LogP contribution in [0.3, 0.4) is 0 Å². The number of imidazole rings is 1. The molecule has 5 rings (SSSR count). The smallest absolute Gasteiger partial charge is 0.252 e. The van der Waals surface area contributed by atoms with E-state index in [0.717, 1.165) is 5.56 Å². The number of likely N-dealkylation sites (N-methyl/N-ethyl adjacent to an activating group) is 1. The van der Waals surface area contributed by atoms with Gasteiger partial charge >= 0.3 is 0 Å². The lowest BCUT2D eigenvalue weighted by Crippen LogP contribution is -2.42. The van der Waals surface area contributed by atoms with Crippen molar-refractivity contribution in [3.8, 4) is 11.5 Å². The van der Waals surface area contributed by atoms with E-state index >= 15 is 0 Å². The zero-order chi connectivity index (χ0) is 24.5. The van der Waals surface area contributed by atoms with Crippen molar-refractivity contribution in [1.29, 1.82) is 0 Å². The minimum atomic E-state index is -1.43. The standard InChI is InChI=1S/C21H24N8O6/c1-2-23-19(32)16-14(30)15(31)20(35-16)29-9-24-13-17(22)26-21(27-18(13)29)28-25-8-10-3-4-11-12(7-10)34-6-5-33-11/h3-4,7-9,14-16,20,30-31H,2,5-6H2,1H3,(H,23,32)(H3,22,26,27,28)/b25-8+/t14-,15+,16-,20+/m0/s1. The molecule has 1 fully saturated rings. The highest BCUT2D eigenvalue weighted by Crippen LogP contribution is 2.33. The van der Waals surface area contributed by atoms with E-state index in [-0.39, 0.29) is 22.9 Å². The maximum atomic E-state index is 12.2. The van der Waals surface area contributed by atoms with Crippen LogP contribution in [-0.2, 0) is 9.53 Å². The summed E-state index contributed by atoms with van der Waals surface area (Å²) in [5, 5.41) is 27.6. The quantitative estimate of drug-likeness (QED) is 0.221. The van der Waals surface area contributed by atoms with Gasteiger partial charge in [-0.1, -0.05) is 0 Å². The van der Waals surface area contributed by atoms with Gasteiger partial charge in [0.1, 0.15) is 30.9 Å². The van der Waals surface area contributed by atoms with Crippen LogP contribution in [0.1, 0.15) is 18.7 Å². The first-order chi connectivity index (χ1) is 17.0. The fourth-order valence-electron chi connectivity index (χ4n) is 3.86. The molecule has 0 saturated carbocycles. The maximum Gasteiger partial charge on any atom is 0.252 e. The largest absolute Gasteiger partial charge is 0.486 e. The van der Waals surface area contributed by atoms with Crippen LogP contribution >= 0.6 is 0 Å². The summed E-state index contributed by atoms with van der Waals surface area (Å²) in [4.78, 5) is 24.9. The van der Waals surface area contributed by atoms with Gasteiger partial charge in [0.2, 0.25) is 5.95 Å². The van der Waals surface area contributed by atoms with Crippen LogP contribution in [0.5, 0.6) is 11.5 Å². The molecule has 14 nitrogen and oxygen atoms in total. The molecular formula is C21H24N8O6. The van der Waals surface area contributed by atoms with Crippen LogP contribution in [0, 0.1) is 0 Å². The molecule has 14 heteroatoms. The number of anilines is 2. The van der Waals surface area contributed by atoms with Crippen LogP contribution < -0.4 is 25.9 Å². The Kier molecular flexibility index (Phi) is 6.07. The summed E-state index contributed by atoms with van der Waals surface area (Å²) < 4.78 is 18.1. The summed E-state index contributed by atoms with van der Waals surface area (Å²) in [6.07, 6.45) is -2.31. The van der Waals surface area contributed by atoms with E-state index in [0.29, 0.717) is 31.3 Å². The first-order valence-corrected chi connectivity index (χ1v) is 10.9. The molecule has 2 aromatic heterocycles. The minimum absolute atomic E-state index is 0.0684. The number of hydrazone groups is 1. The third-order valence-corrected chi connectivity index (χ3v) is 5.51. The molecule has 1 saturated heterocycles. The van der Waals surface area contributed by atoms with E-state index < -0.39 is 30.4 Å². The summed E-state index contributed by atoms with van der Waals surface area (Å²) in [5.74, 6) is 0.912. The molecule has 2 aliphatic rings. The monoisotopic (exact) mass is 484 g/mol. The van der Waals surface area contributed by atoms with Crippen molar-refractivity contribution in [2.75, 3.05) is 30.9 Å². The summed E-state index contributed by atoms with van der Waals surface area (Å²) in [7, 11) is 0. The number of hydrogen-bond donors (Lipinski definition) is 5. The number of nitrogens with zero attached hydrogens (tertiary/aromatic N) is 5. The number of nitrogen functional groups attached to an aromatic ring is 1. The Morgan fingerprint density at radius 1 is 1.26 bits per heavy atom. The van der Waals surface area contributed by atoms with E-state index in [1.54, 1.807) is 25.3 Å². The lowest BCUT2D eigenvalue weighted by Gasteiger charge is -2.18. The van der Waals surface area contributed by atoms with Crippen molar-refractivity contribution in [2.45, 2.75) is 31.5 Å². The van der Waals surface area contributed by atoms with Crippen molar-refractivity contribution in [3.63, 3.8) is 0 Å². The normalized spacial score (nSPS) is 23.6. The molecule has 0 unspecified atom stereocenters. The predicted molar refractivity (Wildman–Crippen MR) is 123 cm³/mol. The van der Waals surface area contributed by atoms with Crippen LogP contribution in [0.2, 0.25) is 0 Å². The van der Waals surface area contributed by atoms with Gasteiger partial charge in [-0.15, -0.1) is 0 Å². The van der Waals surface area contributed by atoms with Gasteiger partial charge < -0.3 is 35.5 Å². The van der Waals surface area contributed by atoms with Gasteiger partial charge in [-0.2, -0.15) is 15.1 Å². The number of aliphatic hydroxyl groups excluding tert-OH is 2. The van der Waals surface area contributed by atoms with Gasteiger partial charge in [0.15, 0.2) is 35.3 Å². The number of ether oxygens (including phenoxy) is 3. The van der Waals surface area contributed by atoms with Gasteiger partial charge in [0.25, 0.3) is 5.91 Å². The fraction of sp³-hybridized carbons (Fsp3) is 0.381. The Balaban J connectivity index is 1.37. The highest BCUT2D eigenvalue weighted by atomic mass is 16.6. The summed E-state index contributed by atoms with van der Waals surface area (Å²) in [5.41, 5.74) is 10.00. The molecule has 1 aromatic carbocycles. The van der Waals surface area contributed by atoms with Gasteiger partial charge in [0.05, 0.1) is 12.5 Å².